The summed E-state index contributed by atoms with van der Waals surface area (Å²) in [4.78, 5) is 18.0. The maximum Gasteiger partial charge on any atom is 0.257 e. The smallest absolute Gasteiger partial charge is 0.257 e. The van der Waals surface area contributed by atoms with Crippen LogP contribution in [-0.4, -0.2) is 17.0 Å². The molecule has 4 nitrogen and oxygen atoms in total. The molecular weight excluding hydrogens is 296 g/mol. The number of fused-ring (bicyclic) bond motifs is 1. The summed E-state index contributed by atoms with van der Waals surface area (Å²) < 4.78 is 5.55. The molecule has 22 heavy (non-hydrogen) atoms. The van der Waals surface area contributed by atoms with E-state index < -0.39 is 0 Å². The maximum absolute atomic E-state index is 12.2. The van der Waals surface area contributed by atoms with E-state index in [0.29, 0.717) is 17.3 Å². The van der Waals surface area contributed by atoms with Crippen molar-refractivity contribution in [3.8, 4) is 0 Å². The Kier molecular flexibility index (Phi) is 4.55. The van der Waals surface area contributed by atoms with Crippen molar-refractivity contribution in [1.29, 1.82) is 0 Å². The molecule has 0 aliphatic heterocycles. The molecular formula is C17H20N2O2S. The summed E-state index contributed by atoms with van der Waals surface area (Å²) in [5, 5.41) is 3.60. The van der Waals surface area contributed by atoms with Crippen molar-refractivity contribution in [3.05, 3.63) is 46.0 Å². The van der Waals surface area contributed by atoms with E-state index in [1.54, 1.807) is 11.3 Å². The van der Waals surface area contributed by atoms with E-state index in [-0.39, 0.29) is 12.0 Å². The Morgan fingerprint density at radius 1 is 1.32 bits per heavy atom. The minimum absolute atomic E-state index is 0.108. The third kappa shape index (κ3) is 3.54. The number of hydrogen-bond donors (Lipinski definition) is 1. The molecule has 5 heteroatoms. The number of carbonyl (C=O) groups excluding carboxylic acids is 1. The fourth-order valence-electron chi connectivity index (χ4n) is 2.43. The second kappa shape index (κ2) is 6.58. The number of aromatic nitrogens is 1. The number of rotatable bonds is 5. The number of hydrogen-bond acceptors (Lipinski definition) is 4. The fourth-order valence-corrected chi connectivity index (χ4v) is 3.47. The lowest BCUT2D eigenvalue weighted by Crippen LogP contribution is -2.12. The SMILES string of the molecule is CC(C)OCc1ccc(C(=O)Nc2nc3c(s2)CCC3)cc1. The van der Waals surface area contributed by atoms with Crippen molar-refractivity contribution in [2.75, 3.05) is 5.32 Å². The quantitative estimate of drug-likeness (QED) is 0.912. The lowest BCUT2D eigenvalue weighted by molar-refractivity contribution is 0.0657. The van der Waals surface area contributed by atoms with Crippen molar-refractivity contribution >= 4 is 22.4 Å². The Morgan fingerprint density at radius 2 is 2.09 bits per heavy atom. The Bertz CT molecular complexity index is 640. The highest BCUT2D eigenvalue weighted by atomic mass is 32.1. The molecule has 0 fully saturated rings. The molecule has 1 aliphatic carbocycles. The van der Waals surface area contributed by atoms with Crippen LogP contribution in [0.1, 0.15) is 46.8 Å². The zero-order valence-corrected chi connectivity index (χ0v) is 13.7. The average molecular weight is 316 g/mol. The molecule has 1 N–H and O–H groups in total. The summed E-state index contributed by atoms with van der Waals surface area (Å²) >= 11 is 1.60. The molecule has 1 aromatic heterocycles. The van der Waals surface area contributed by atoms with Crippen LogP contribution in [0.25, 0.3) is 0 Å². The zero-order chi connectivity index (χ0) is 15.5. The van der Waals surface area contributed by atoms with E-state index in [1.165, 1.54) is 11.3 Å². The highest BCUT2D eigenvalue weighted by Crippen LogP contribution is 2.30. The van der Waals surface area contributed by atoms with Crippen LogP contribution in [-0.2, 0) is 24.2 Å². The Morgan fingerprint density at radius 3 is 2.77 bits per heavy atom. The number of nitrogens with one attached hydrogen (secondary N) is 1. The van der Waals surface area contributed by atoms with Crippen molar-refractivity contribution < 1.29 is 9.53 Å². The van der Waals surface area contributed by atoms with Gasteiger partial charge in [-0.25, -0.2) is 4.98 Å². The Labute approximate surface area is 134 Å². The van der Waals surface area contributed by atoms with Gasteiger partial charge in [0.1, 0.15) is 0 Å². The normalized spacial score (nSPS) is 13.4. The van der Waals surface area contributed by atoms with Crippen molar-refractivity contribution in [3.63, 3.8) is 0 Å². The van der Waals surface area contributed by atoms with Gasteiger partial charge in [0.2, 0.25) is 0 Å². The first-order chi connectivity index (χ1) is 10.6. The van der Waals surface area contributed by atoms with Crippen LogP contribution in [0, 0.1) is 0 Å². The molecule has 3 rings (SSSR count). The molecule has 0 radical (unpaired) electrons. The molecule has 1 amide bonds. The highest BCUT2D eigenvalue weighted by molar-refractivity contribution is 7.15. The van der Waals surface area contributed by atoms with Gasteiger partial charge in [-0.15, -0.1) is 11.3 Å². The molecule has 116 valence electrons. The van der Waals surface area contributed by atoms with Crippen LogP contribution in [0.5, 0.6) is 0 Å². The van der Waals surface area contributed by atoms with E-state index >= 15 is 0 Å². The molecule has 1 aromatic carbocycles. The standard InChI is InChI=1S/C17H20N2O2S/c1-11(2)21-10-12-6-8-13(9-7-12)16(20)19-17-18-14-4-3-5-15(14)22-17/h6-9,11H,3-5,10H2,1-2H3,(H,18,19,20). The van der Waals surface area contributed by atoms with Crippen LogP contribution >= 0.6 is 11.3 Å². The second-order valence-electron chi connectivity index (χ2n) is 5.75. The molecule has 0 atom stereocenters. The van der Waals surface area contributed by atoms with Crippen LogP contribution in [0.2, 0.25) is 0 Å². The predicted octanol–water partition coefficient (Wildman–Crippen LogP) is 3.81. The van der Waals surface area contributed by atoms with Gasteiger partial charge in [-0.3, -0.25) is 10.1 Å². The Hall–Kier alpha value is -1.72. The highest BCUT2D eigenvalue weighted by Gasteiger charge is 2.18. The van der Waals surface area contributed by atoms with Crippen LogP contribution in [0.4, 0.5) is 5.13 Å². The molecule has 0 unspecified atom stereocenters. The van der Waals surface area contributed by atoms with E-state index in [4.69, 9.17) is 4.74 Å². The fraction of sp³-hybridized carbons (Fsp3) is 0.412. The number of thiazole rings is 1. The molecule has 0 bridgehead atoms. The first kappa shape index (κ1) is 15.2. The summed E-state index contributed by atoms with van der Waals surface area (Å²) in [6, 6.07) is 7.52. The number of anilines is 1. The molecule has 1 heterocycles. The average Bonchev–Trinajstić information content (AvgIpc) is 3.06. The minimum Gasteiger partial charge on any atom is -0.374 e. The number of aryl methyl sites for hydroxylation is 2. The maximum atomic E-state index is 12.2. The molecule has 0 saturated carbocycles. The van der Waals surface area contributed by atoms with Gasteiger partial charge in [-0.2, -0.15) is 0 Å². The van der Waals surface area contributed by atoms with Gasteiger partial charge in [-0.05, 0) is 50.8 Å². The lowest BCUT2D eigenvalue weighted by Gasteiger charge is -2.08. The predicted molar refractivity (Wildman–Crippen MR) is 88.5 cm³/mol. The molecule has 0 spiro atoms. The van der Waals surface area contributed by atoms with Gasteiger partial charge in [0.15, 0.2) is 5.13 Å². The van der Waals surface area contributed by atoms with Gasteiger partial charge in [-0.1, -0.05) is 12.1 Å². The van der Waals surface area contributed by atoms with Crippen LogP contribution < -0.4 is 5.32 Å². The summed E-state index contributed by atoms with van der Waals surface area (Å²) in [6.45, 7) is 4.58. The van der Waals surface area contributed by atoms with Gasteiger partial charge in [0.05, 0.1) is 18.4 Å². The number of amides is 1. The molecule has 0 saturated heterocycles. The number of carbonyl (C=O) groups is 1. The third-order valence-corrected chi connectivity index (χ3v) is 4.69. The van der Waals surface area contributed by atoms with Crippen LogP contribution in [0.15, 0.2) is 24.3 Å². The first-order valence-corrected chi connectivity index (χ1v) is 8.44. The summed E-state index contributed by atoms with van der Waals surface area (Å²) in [7, 11) is 0. The van der Waals surface area contributed by atoms with E-state index in [0.717, 1.165) is 24.1 Å². The molecule has 1 aliphatic rings. The molecule has 2 aromatic rings. The van der Waals surface area contributed by atoms with Gasteiger partial charge in [0.25, 0.3) is 5.91 Å². The van der Waals surface area contributed by atoms with E-state index in [9.17, 15) is 4.79 Å². The van der Waals surface area contributed by atoms with Crippen LogP contribution in [0.3, 0.4) is 0 Å². The third-order valence-electron chi connectivity index (χ3n) is 3.62. The summed E-state index contributed by atoms with van der Waals surface area (Å²) in [5.74, 6) is -0.108. The number of nitrogens with zero attached hydrogens (tertiary/aromatic N) is 1. The first-order valence-electron chi connectivity index (χ1n) is 7.62. The lowest BCUT2D eigenvalue weighted by atomic mass is 10.1. The van der Waals surface area contributed by atoms with Crippen molar-refractivity contribution in [2.24, 2.45) is 0 Å². The van der Waals surface area contributed by atoms with Gasteiger partial charge < -0.3 is 4.74 Å². The second-order valence-corrected chi connectivity index (χ2v) is 6.84. The van der Waals surface area contributed by atoms with Crippen molar-refractivity contribution in [1.82, 2.24) is 4.98 Å². The van der Waals surface area contributed by atoms with Gasteiger partial charge in [0, 0.05) is 10.4 Å². The minimum atomic E-state index is -0.108. The zero-order valence-electron chi connectivity index (χ0n) is 12.9. The summed E-state index contributed by atoms with van der Waals surface area (Å²) in [6.07, 6.45) is 3.51. The van der Waals surface area contributed by atoms with E-state index in [1.807, 2.05) is 38.1 Å². The topological polar surface area (TPSA) is 51.2 Å². The largest absolute Gasteiger partial charge is 0.374 e. The Balaban J connectivity index is 1.61. The number of benzene rings is 1. The summed E-state index contributed by atoms with van der Waals surface area (Å²) in [5.41, 5.74) is 2.86. The van der Waals surface area contributed by atoms with Gasteiger partial charge >= 0.3 is 0 Å². The van der Waals surface area contributed by atoms with E-state index in [2.05, 4.69) is 10.3 Å². The monoisotopic (exact) mass is 316 g/mol. The number of ether oxygens (including phenoxy) is 1. The van der Waals surface area contributed by atoms with Crippen molar-refractivity contribution in [2.45, 2.75) is 45.8 Å².